The Bertz CT molecular complexity index is 895. The summed E-state index contributed by atoms with van der Waals surface area (Å²) in [4.78, 5) is 12.4. The third-order valence-corrected chi connectivity index (χ3v) is 4.53. The summed E-state index contributed by atoms with van der Waals surface area (Å²) in [7, 11) is 0. The molecule has 0 bridgehead atoms. The molecule has 0 aliphatic carbocycles. The highest BCUT2D eigenvalue weighted by molar-refractivity contribution is 7.99. The number of alkyl halides is 3. The van der Waals surface area contributed by atoms with Crippen molar-refractivity contribution >= 4 is 40.1 Å². The molecule has 1 unspecified atom stereocenters. The van der Waals surface area contributed by atoms with Gasteiger partial charge in [0.15, 0.2) is 10.7 Å². The summed E-state index contributed by atoms with van der Waals surface area (Å²) in [5.41, 5.74) is 6.59. The van der Waals surface area contributed by atoms with E-state index in [9.17, 15) is 13.2 Å². The minimum absolute atomic E-state index is 0.0756. The second-order valence-corrected chi connectivity index (χ2v) is 7.01. The predicted molar refractivity (Wildman–Crippen MR) is 89.5 cm³/mol. The number of hydrogen-bond acceptors (Lipinski definition) is 6. The maximum absolute atomic E-state index is 12.7. The van der Waals surface area contributed by atoms with Crippen LogP contribution < -0.4 is 5.73 Å². The third-order valence-electron chi connectivity index (χ3n) is 3.35. The Morgan fingerprint density at radius 3 is 2.76 bits per heavy atom. The number of furan rings is 1. The van der Waals surface area contributed by atoms with E-state index in [1.165, 1.54) is 24.0 Å². The van der Waals surface area contributed by atoms with E-state index < -0.39 is 12.6 Å². The molecule has 0 spiro atoms. The first-order valence-electron chi connectivity index (χ1n) is 7.11. The zero-order valence-corrected chi connectivity index (χ0v) is 14.4. The number of pyridine rings is 1. The molecule has 1 atom stereocenters. The molecule has 0 aliphatic heterocycles. The second-order valence-electron chi connectivity index (χ2n) is 5.32. The van der Waals surface area contributed by atoms with Crippen molar-refractivity contribution in [2.24, 2.45) is 0 Å². The number of thioether (sulfide) groups is 1. The van der Waals surface area contributed by atoms with Gasteiger partial charge < -0.3 is 10.2 Å². The Labute approximate surface area is 149 Å². The van der Waals surface area contributed by atoms with Crippen LogP contribution in [0, 0.1) is 0 Å². The molecule has 0 amide bonds. The van der Waals surface area contributed by atoms with Crippen LogP contribution >= 0.6 is 23.4 Å². The Hall–Kier alpha value is -2.00. The molecule has 3 aromatic rings. The van der Waals surface area contributed by atoms with E-state index in [-0.39, 0.29) is 21.8 Å². The van der Waals surface area contributed by atoms with Gasteiger partial charge in [-0.05, 0) is 13.0 Å². The van der Waals surface area contributed by atoms with E-state index >= 15 is 0 Å². The fraction of sp³-hybridized carbons (Fsp3) is 0.267. The molecule has 3 heterocycles. The summed E-state index contributed by atoms with van der Waals surface area (Å²) in [6, 6.07) is 3.01. The van der Waals surface area contributed by atoms with Crippen LogP contribution in [0.25, 0.3) is 11.0 Å². The lowest BCUT2D eigenvalue weighted by Gasteiger charge is -2.10. The molecule has 0 radical (unpaired) electrons. The van der Waals surface area contributed by atoms with Gasteiger partial charge >= 0.3 is 6.18 Å². The van der Waals surface area contributed by atoms with Crippen molar-refractivity contribution in [3.63, 3.8) is 0 Å². The van der Waals surface area contributed by atoms with Gasteiger partial charge in [0.2, 0.25) is 0 Å². The quantitative estimate of drug-likeness (QED) is 0.392. The first-order chi connectivity index (χ1) is 11.7. The molecule has 0 saturated carbocycles. The Morgan fingerprint density at radius 2 is 2.08 bits per heavy atom. The SMILES string of the molecule is CC(Sc1nc(N)cc(Cl)n1)c1cc2c(CC(F)(F)F)coc2cn1. The van der Waals surface area contributed by atoms with Crippen LogP contribution in [-0.2, 0) is 6.42 Å². The molecule has 25 heavy (non-hydrogen) atoms. The van der Waals surface area contributed by atoms with Gasteiger partial charge in [-0.3, -0.25) is 4.98 Å². The molecular weight excluding hydrogens is 377 g/mol. The van der Waals surface area contributed by atoms with Crippen LogP contribution in [0.15, 0.2) is 34.2 Å². The van der Waals surface area contributed by atoms with E-state index in [1.54, 1.807) is 6.07 Å². The molecule has 3 rings (SSSR count). The van der Waals surface area contributed by atoms with Gasteiger partial charge in [-0.15, -0.1) is 0 Å². The van der Waals surface area contributed by atoms with Crippen molar-refractivity contribution in [1.29, 1.82) is 0 Å². The highest BCUT2D eigenvalue weighted by atomic mass is 35.5. The molecule has 2 N–H and O–H groups in total. The number of nitrogen functional groups attached to an aromatic ring is 1. The smallest absolute Gasteiger partial charge is 0.393 e. The molecule has 5 nitrogen and oxygen atoms in total. The fourth-order valence-electron chi connectivity index (χ4n) is 2.26. The topological polar surface area (TPSA) is 77.8 Å². The first-order valence-corrected chi connectivity index (χ1v) is 8.36. The number of fused-ring (bicyclic) bond motifs is 1. The largest absolute Gasteiger partial charge is 0.462 e. The lowest BCUT2D eigenvalue weighted by atomic mass is 10.1. The van der Waals surface area contributed by atoms with Crippen LogP contribution in [0.1, 0.15) is 23.4 Å². The summed E-state index contributed by atoms with van der Waals surface area (Å²) < 4.78 is 43.2. The monoisotopic (exact) mass is 388 g/mol. The van der Waals surface area contributed by atoms with Crippen molar-refractivity contribution in [2.75, 3.05) is 5.73 Å². The van der Waals surface area contributed by atoms with Crippen LogP contribution in [0.5, 0.6) is 0 Å². The number of aromatic nitrogens is 3. The van der Waals surface area contributed by atoms with Crippen molar-refractivity contribution in [3.8, 4) is 0 Å². The lowest BCUT2D eigenvalue weighted by molar-refractivity contribution is -0.127. The van der Waals surface area contributed by atoms with Gasteiger partial charge in [0, 0.05) is 17.0 Å². The van der Waals surface area contributed by atoms with E-state index in [0.717, 1.165) is 6.26 Å². The zero-order valence-electron chi connectivity index (χ0n) is 12.8. The van der Waals surface area contributed by atoms with Gasteiger partial charge in [-0.1, -0.05) is 23.4 Å². The molecule has 0 saturated heterocycles. The Balaban J connectivity index is 1.88. The molecule has 3 aromatic heterocycles. The maximum Gasteiger partial charge on any atom is 0.393 e. The number of rotatable bonds is 4. The molecule has 10 heteroatoms. The number of halogens is 4. The first kappa shape index (κ1) is 17.8. The molecule has 0 aromatic carbocycles. The summed E-state index contributed by atoms with van der Waals surface area (Å²) >= 11 is 7.10. The summed E-state index contributed by atoms with van der Waals surface area (Å²) in [5, 5.41) is 0.743. The highest BCUT2D eigenvalue weighted by Crippen LogP contribution is 2.35. The molecular formula is C15H12ClF3N4OS. The van der Waals surface area contributed by atoms with Crippen molar-refractivity contribution in [3.05, 3.63) is 41.0 Å². The second kappa shape index (κ2) is 6.72. The Kier molecular flexibility index (Phi) is 4.79. The van der Waals surface area contributed by atoms with Gasteiger partial charge in [0.05, 0.1) is 29.8 Å². The number of anilines is 1. The van der Waals surface area contributed by atoms with Crippen LogP contribution in [0.2, 0.25) is 5.15 Å². The molecule has 0 fully saturated rings. The number of nitrogens with zero attached hydrogens (tertiary/aromatic N) is 3. The lowest BCUT2D eigenvalue weighted by Crippen LogP contribution is -2.11. The van der Waals surface area contributed by atoms with Gasteiger partial charge in [-0.2, -0.15) is 13.2 Å². The van der Waals surface area contributed by atoms with E-state index in [1.807, 2.05) is 6.92 Å². The Morgan fingerprint density at radius 1 is 1.32 bits per heavy atom. The summed E-state index contributed by atoms with van der Waals surface area (Å²) in [6.07, 6.45) is -2.84. The van der Waals surface area contributed by atoms with Gasteiger partial charge in [0.1, 0.15) is 11.0 Å². The normalized spacial score (nSPS) is 13.3. The summed E-state index contributed by atoms with van der Waals surface area (Å²) in [5.74, 6) is 0.236. The van der Waals surface area contributed by atoms with Crippen molar-refractivity contribution in [2.45, 2.75) is 29.9 Å². The van der Waals surface area contributed by atoms with Crippen LogP contribution in [-0.4, -0.2) is 21.1 Å². The average Bonchev–Trinajstić information content (AvgIpc) is 2.86. The minimum atomic E-state index is -4.31. The average molecular weight is 389 g/mol. The van der Waals surface area contributed by atoms with Gasteiger partial charge in [0.25, 0.3) is 0 Å². The van der Waals surface area contributed by atoms with Crippen LogP contribution in [0.3, 0.4) is 0 Å². The van der Waals surface area contributed by atoms with Crippen LogP contribution in [0.4, 0.5) is 19.0 Å². The summed E-state index contributed by atoms with van der Waals surface area (Å²) in [6.45, 7) is 1.84. The minimum Gasteiger partial charge on any atom is -0.462 e. The zero-order chi connectivity index (χ0) is 18.2. The predicted octanol–water partition coefficient (Wildman–Crippen LogP) is 4.81. The van der Waals surface area contributed by atoms with E-state index in [4.69, 9.17) is 21.8 Å². The van der Waals surface area contributed by atoms with Gasteiger partial charge in [-0.25, -0.2) is 9.97 Å². The van der Waals surface area contributed by atoms with Crippen molar-refractivity contribution < 1.29 is 17.6 Å². The third kappa shape index (κ3) is 4.35. The number of hydrogen-bond donors (Lipinski definition) is 1. The van der Waals surface area contributed by atoms with Crippen molar-refractivity contribution in [1.82, 2.24) is 15.0 Å². The molecule has 132 valence electrons. The molecule has 0 aliphatic rings. The fourth-order valence-corrected chi connectivity index (χ4v) is 3.38. The maximum atomic E-state index is 12.7. The number of nitrogens with two attached hydrogens (primary N) is 1. The standard InChI is InChI=1S/C15H12ClF3N4OS/c1-7(25-14-22-12(16)3-13(20)23-14)10-2-9-8(4-15(17,18)19)6-24-11(9)5-21-10/h2-3,5-7H,4H2,1H3,(H2,20,22,23). The van der Waals surface area contributed by atoms with E-state index in [0.29, 0.717) is 21.8 Å². The van der Waals surface area contributed by atoms with E-state index in [2.05, 4.69) is 15.0 Å². The highest BCUT2D eigenvalue weighted by Gasteiger charge is 2.29.